The van der Waals surface area contributed by atoms with Gasteiger partial charge in [0.05, 0.1) is 22.9 Å². The van der Waals surface area contributed by atoms with Gasteiger partial charge in [-0.05, 0) is 66.6 Å². The summed E-state index contributed by atoms with van der Waals surface area (Å²) in [4.78, 5) is 45.7. The maximum absolute atomic E-state index is 14.6. The molecule has 0 radical (unpaired) electrons. The highest BCUT2D eigenvalue weighted by Gasteiger charge is 2.57. The molecule has 1 aromatic heterocycles. The molecule has 2 saturated heterocycles. The van der Waals surface area contributed by atoms with Gasteiger partial charge < -0.3 is 15.0 Å². The third-order valence-electron chi connectivity index (χ3n) is 8.46. The Morgan fingerprint density at radius 1 is 0.930 bits per heavy atom. The zero-order valence-electron chi connectivity index (χ0n) is 23.8. The molecule has 2 aliphatic heterocycles. The number of aryl methyl sites for hydroxylation is 1. The standard InChI is InChI=1S/C35H33ClN2O4S/c1-22-11-13-25(14-12-22)35(41)38-31(24-7-3-2-4-8-24)30(33(39)28-10-6-20-43-28)29(23-15-17-26(36)18-16-23)32(38)34(40)37-21-27-9-5-19-42-27/h2-4,6-8,10-18,20,27,29-32H,5,9,19,21H2,1H3,(H,37,40). The summed E-state index contributed by atoms with van der Waals surface area (Å²) in [6.45, 7) is 2.97. The average molecular weight is 613 g/mol. The first kappa shape index (κ1) is 29.3. The number of nitrogens with one attached hydrogen (secondary N) is 1. The summed E-state index contributed by atoms with van der Waals surface area (Å²) in [6.07, 6.45) is 1.74. The van der Waals surface area contributed by atoms with E-state index < -0.39 is 23.9 Å². The number of benzene rings is 3. The van der Waals surface area contributed by atoms with Crippen molar-refractivity contribution in [3.8, 4) is 0 Å². The predicted molar refractivity (Wildman–Crippen MR) is 169 cm³/mol. The molecule has 6 nitrogen and oxygen atoms in total. The van der Waals surface area contributed by atoms with E-state index in [9.17, 15) is 14.4 Å². The van der Waals surface area contributed by atoms with Crippen molar-refractivity contribution in [1.29, 1.82) is 0 Å². The summed E-state index contributed by atoms with van der Waals surface area (Å²) in [6, 6.07) is 26.2. The zero-order chi connectivity index (χ0) is 29.9. The van der Waals surface area contributed by atoms with Gasteiger partial charge in [-0.2, -0.15) is 0 Å². The van der Waals surface area contributed by atoms with Crippen molar-refractivity contribution < 1.29 is 19.1 Å². The number of Topliss-reactive ketones (excluding diaryl/α,β-unsaturated/α-hetero) is 1. The molecule has 1 N–H and O–H groups in total. The molecule has 5 unspecified atom stereocenters. The molecule has 5 atom stereocenters. The van der Waals surface area contributed by atoms with Crippen LogP contribution in [-0.4, -0.2) is 47.8 Å². The molecule has 3 heterocycles. The minimum Gasteiger partial charge on any atom is -0.376 e. The monoisotopic (exact) mass is 612 g/mol. The van der Waals surface area contributed by atoms with E-state index in [2.05, 4.69) is 5.32 Å². The summed E-state index contributed by atoms with van der Waals surface area (Å²) in [5, 5.41) is 5.52. The van der Waals surface area contributed by atoms with Gasteiger partial charge in [0.1, 0.15) is 6.04 Å². The Hall–Kier alpha value is -3.78. The fraction of sp³-hybridized carbons (Fsp3) is 0.286. The second-order valence-corrected chi connectivity index (χ2v) is 12.6. The van der Waals surface area contributed by atoms with Gasteiger partial charge >= 0.3 is 0 Å². The quantitative estimate of drug-likeness (QED) is 0.221. The zero-order valence-corrected chi connectivity index (χ0v) is 25.4. The normalized spacial score (nSPS) is 23.3. The Labute approximate surface area is 260 Å². The first-order chi connectivity index (χ1) is 20.9. The number of ether oxygens (including phenoxy) is 1. The van der Waals surface area contributed by atoms with Crippen LogP contribution in [0.15, 0.2) is 96.4 Å². The predicted octanol–water partition coefficient (Wildman–Crippen LogP) is 6.85. The fourth-order valence-electron chi connectivity index (χ4n) is 6.41. The molecular weight excluding hydrogens is 580 g/mol. The minimum absolute atomic E-state index is 0.0750. The molecule has 6 rings (SSSR count). The molecule has 2 amide bonds. The highest BCUT2D eigenvalue weighted by molar-refractivity contribution is 7.12. The molecule has 0 spiro atoms. The van der Waals surface area contributed by atoms with Gasteiger partial charge in [-0.15, -0.1) is 11.3 Å². The first-order valence-corrected chi connectivity index (χ1v) is 15.8. The molecule has 4 aromatic rings. The summed E-state index contributed by atoms with van der Waals surface area (Å²) >= 11 is 7.66. The molecule has 8 heteroatoms. The van der Waals surface area contributed by atoms with Gasteiger partial charge in [0.25, 0.3) is 5.91 Å². The van der Waals surface area contributed by atoms with Crippen LogP contribution >= 0.6 is 22.9 Å². The van der Waals surface area contributed by atoms with Crippen molar-refractivity contribution in [3.05, 3.63) is 129 Å². The Morgan fingerprint density at radius 2 is 1.67 bits per heavy atom. The minimum atomic E-state index is -0.963. The topological polar surface area (TPSA) is 75.7 Å². The first-order valence-electron chi connectivity index (χ1n) is 14.6. The van der Waals surface area contributed by atoms with Crippen LogP contribution < -0.4 is 5.32 Å². The van der Waals surface area contributed by atoms with Crippen LogP contribution in [0, 0.1) is 12.8 Å². The molecule has 0 aliphatic carbocycles. The number of thiophene rings is 1. The summed E-state index contributed by atoms with van der Waals surface area (Å²) in [5.74, 6) is -2.06. The fourth-order valence-corrected chi connectivity index (χ4v) is 7.24. The van der Waals surface area contributed by atoms with Crippen molar-refractivity contribution in [3.63, 3.8) is 0 Å². The number of ketones is 1. The van der Waals surface area contributed by atoms with Crippen LogP contribution in [0.4, 0.5) is 0 Å². The summed E-state index contributed by atoms with van der Waals surface area (Å²) in [5.41, 5.74) is 3.05. The third-order valence-corrected chi connectivity index (χ3v) is 9.60. The average Bonchev–Trinajstić information content (AvgIpc) is 3.81. The van der Waals surface area contributed by atoms with Gasteiger partial charge in [0, 0.05) is 29.7 Å². The molecule has 0 saturated carbocycles. The molecule has 43 heavy (non-hydrogen) atoms. The largest absolute Gasteiger partial charge is 0.376 e. The smallest absolute Gasteiger partial charge is 0.255 e. The highest BCUT2D eigenvalue weighted by Crippen LogP contribution is 2.52. The molecule has 0 bridgehead atoms. The van der Waals surface area contributed by atoms with Crippen LogP contribution in [0.5, 0.6) is 0 Å². The van der Waals surface area contributed by atoms with Gasteiger partial charge in [0.15, 0.2) is 5.78 Å². The van der Waals surface area contributed by atoms with Crippen LogP contribution in [-0.2, 0) is 9.53 Å². The molecule has 2 aliphatic rings. The number of likely N-dealkylation sites (tertiary alicyclic amines) is 1. The summed E-state index contributed by atoms with van der Waals surface area (Å²) < 4.78 is 5.78. The SMILES string of the molecule is Cc1ccc(C(=O)N2C(C(=O)NCC3CCCO3)C(c3ccc(Cl)cc3)C(C(=O)c3cccs3)C2c2ccccc2)cc1. The Morgan fingerprint density at radius 3 is 2.33 bits per heavy atom. The van der Waals surface area contributed by atoms with Crippen molar-refractivity contribution >= 4 is 40.5 Å². The third kappa shape index (κ3) is 6.03. The lowest BCUT2D eigenvalue weighted by molar-refractivity contribution is -0.126. The summed E-state index contributed by atoms with van der Waals surface area (Å²) in [7, 11) is 0. The number of nitrogens with zero attached hydrogens (tertiary/aromatic N) is 1. The van der Waals surface area contributed by atoms with E-state index in [0.29, 0.717) is 28.6 Å². The van der Waals surface area contributed by atoms with Crippen molar-refractivity contribution in [2.75, 3.05) is 13.2 Å². The van der Waals surface area contributed by atoms with Crippen molar-refractivity contribution in [2.24, 2.45) is 5.92 Å². The Kier molecular flexibility index (Phi) is 8.75. The van der Waals surface area contributed by atoms with Crippen LogP contribution in [0.2, 0.25) is 5.02 Å². The van der Waals surface area contributed by atoms with Gasteiger partial charge in [-0.3, -0.25) is 14.4 Å². The Bertz CT molecular complexity index is 1570. The number of carbonyl (C=O) groups excluding carboxylic acids is 3. The van der Waals surface area contributed by atoms with E-state index in [1.807, 2.05) is 79.0 Å². The van der Waals surface area contributed by atoms with E-state index in [1.54, 1.807) is 29.2 Å². The number of hydrogen-bond donors (Lipinski definition) is 1. The maximum atomic E-state index is 14.6. The highest BCUT2D eigenvalue weighted by atomic mass is 35.5. The van der Waals surface area contributed by atoms with E-state index in [-0.39, 0.29) is 23.7 Å². The number of halogens is 1. The molecule has 3 aromatic carbocycles. The number of hydrogen-bond acceptors (Lipinski definition) is 5. The van der Waals surface area contributed by atoms with Crippen LogP contribution in [0.3, 0.4) is 0 Å². The Balaban J connectivity index is 1.54. The second-order valence-electron chi connectivity index (χ2n) is 11.2. The van der Waals surface area contributed by atoms with Gasteiger partial charge in [0.2, 0.25) is 5.91 Å². The molecule has 220 valence electrons. The van der Waals surface area contributed by atoms with Crippen LogP contribution in [0.25, 0.3) is 0 Å². The van der Waals surface area contributed by atoms with Crippen molar-refractivity contribution in [1.82, 2.24) is 10.2 Å². The van der Waals surface area contributed by atoms with E-state index >= 15 is 0 Å². The lowest BCUT2D eigenvalue weighted by Crippen LogP contribution is -2.50. The lowest BCUT2D eigenvalue weighted by Gasteiger charge is -2.32. The molecular formula is C35H33ClN2O4S. The van der Waals surface area contributed by atoms with E-state index in [1.165, 1.54) is 11.3 Å². The van der Waals surface area contributed by atoms with E-state index in [0.717, 1.165) is 29.5 Å². The van der Waals surface area contributed by atoms with Gasteiger partial charge in [-0.25, -0.2) is 0 Å². The second kappa shape index (κ2) is 12.8. The molecule has 2 fully saturated rings. The lowest BCUT2D eigenvalue weighted by atomic mass is 9.77. The van der Waals surface area contributed by atoms with Crippen molar-refractivity contribution in [2.45, 2.75) is 43.9 Å². The number of carbonyl (C=O) groups is 3. The maximum Gasteiger partial charge on any atom is 0.255 e. The number of rotatable bonds is 8. The van der Waals surface area contributed by atoms with Crippen LogP contribution in [0.1, 0.15) is 61.5 Å². The van der Waals surface area contributed by atoms with Gasteiger partial charge in [-0.1, -0.05) is 77.8 Å². The number of amides is 2. The van der Waals surface area contributed by atoms with E-state index in [4.69, 9.17) is 16.3 Å².